The van der Waals surface area contributed by atoms with Crippen molar-refractivity contribution in [1.82, 2.24) is 14.1 Å². The van der Waals surface area contributed by atoms with Gasteiger partial charge in [0.05, 0.1) is 31.7 Å². The molecule has 0 N–H and O–H groups in total. The highest BCUT2D eigenvalue weighted by atomic mass is 19.4. The molecule has 2 heterocycles. The normalized spacial score (nSPS) is 11.6. The van der Waals surface area contributed by atoms with E-state index in [0.29, 0.717) is 17.9 Å². The Morgan fingerprint density at radius 2 is 1.66 bits per heavy atom. The minimum absolute atomic E-state index is 0.0561. The first-order valence-electron chi connectivity index (χ1n) is 10.7. The Balaban J connectivity index is 1.75. The van der Waals surface area contributed by atoms with Gasteiger partial charge in [-0.1, -0.05) is 18.2 Å². The number of fused-ring (bicyclic) bond motifs is 1. The number of benzene rings is 2. The van der Waals surface area contributed by atoms with E-state index < -0.39 is 23.0 Å². The molecule has 0 saturated carbocycles. The highest BCUT2D eigenvalue weighted by molar-refractivity contribution is 5.73. The fourth-order valence-corrected chi connectivity index (χ4v) is 3.89. The summed E-state index contributed by atoms with van der Waals surface area (Å²) in [5.74, 6) is 1.07. The van der Waals surface area contributed by atoms with Crippen LogP contribution in [0.3, 0.4) is 0 Å². The molecular formula is C25H22F3N3O4. The smallest absolute Gasteiger partial charge is 0.416 e. The van der Waals surface area contributed by atoms with Gasteiger partial charge in [-0.2, -0.15) is 13.2 Å². The van der Waals surface area contributed by atoms with Crippen molar-refractivity contribution in [3.63, 3.8) is 0 Å². The Morgan fingerprint density at radius 1 is 0.886 bits per heavy atom. The Hall–Kier alpha value is -4.08. The molecule has 0 bridgehead atoms. The summed E-state index contributed by atoms with van der Waals surface area (Å²) in [4.78, 5) is 30.6. The van der Waals surface area contributed by atoms with E-state index in [-0.39, 0.29) is 29.7 Å². The summed E-state index contributed by atoms with van der Waals surface area (Å²) < 4.78 is 52.4. The Morgan fingerprint density at radius 3 is 2.37 bits per heavy atom. The van der Waals surface area contributed by atoms with Gasteiger partial charge in [0.25, 0.3) is 5.56 Å². The lowest BCUT2D eigenvalue weighted by molar-refractivity contribution is -0.137. The molecule has 4 aromatic rings. The third kappa shape index (κ3) is 4.91. The van der Waals surface area contributed by atoms with E-state index in [1.54, 1.807) is 30.3 Å². The molecule has 10 heteroatoms. The number of alkyl halides is 3. The fraction of sp³-hybridized carbons (Fsp3) is 0.240. The molecule has 0 spiro atoms. The van der Waals surface area contributed by atoms with E-state index in [1.165, 1.54) is 37.1 Å². The van der Waals surface area contributed by atoms with Crippen LogP contribution in [-0.4, -0.2) is 28.3 Å². The van der Waals surface area contributed by atoms with Crippen molar-refractivity contribution in [2.75, 3.05) is 14.2 Å². The molecule has 0 amide bonds. The van der Waals surface area contributed by atoms with Gasteiger partial charge in [-0.3, -0.25) is 13.9 Å². The average Bonchev–Trinajstić information content (AvgIpc) is 2.86. The molecular weight excluding hydrogens is 463 g/mol. The topological polar surface area (TPSA) is 75.4 Å². The van der Waals surface area contributed by atoms with Crippen LogP contribution in [-0.2, 0) is 25.7 Å². The molecule has 0 fully saturated rings. The van der Waals surface area contributed by atoms with Crippen LogP contribution < -0.4 is 20.7 Å². The number of rotatable bonds is 7. The second-order valence-corrected chi connectivity index (χ2v) is 7.84. The zero-order valence-corrected chi connectivity index (χ0v) is 19.0. The number of halogens is 3. The average molecular weight is 485 g/mol. The van der Waals surface area contributed by atoms with E-state index in [4.69, 9.17) is 9.47 Å². The Labute approximate surface area is 198 Å². The molecule has 35 heavy (non-hydrogen) atoms. The summed E-state index contributed by atoms with van der Waals surface area (Å²) in [7, 11) is 3.03. The Bertz CT molecular complexity index is 1490. The largest absolute Gasteiger partial charge is 0.493 e. The lowest BCUT2D eigenvalue weighted by Gasteiger charge is -2.15. The zero-order valence-electron chi connectivity index (χ0n) is 19.0. The number of aromatic nitrogens is 3. The van der Waals surface area contributed by atoms with Crippen molar-refractivity contribution in [2.45, 2.75) is 25.7 Å². The van der Waals surface area contributed by atoms with Crippen molar-refractivity contribution in [3.8, 4) is 11.5 Å². The fourth-order valence-electron chi connectivity index (χ4n) is 3.89. The molecule has 0 aliphatic carbocycles. The lowest BCUT2D eigenvalue weighted by Crippen LogP contribution is -2.41. The highest BCUT2D eigenvalue weighted by Crippen LogP contribution is 2.30. The second kappa shape index (κ2) is 9.65. The predicted molar refractivity (Wildman–Crippen MR) is 124 cm³/mol. The second-order valence-electron chi connectivity index (χ2n) is 7.84. The van der Waals surface area contributed by atoms with Gasteiger partial charge in [-0.25, -0.2) is 9.78 Å². The van der Waals surface area contributed by atoms with Crippen molar-refractivity contribution in [2.24, 2.45) is 0 Å². The number of hydrogen-bond acceptors (Lipinski definition) is 5. The monoisotopic (exact) mass is 485 g/mol. The van der Waals surface area contributed by atoms with Gasteiger partial charge in [-0.05, 0) is 53.9 Å². The molecule has 0 unspecified atom stereocenters. The van der Waals surface area contributed by atoms with Crippen LogP contribution in [0.25, 0.3) is 11.0 Å². The van der Waals surface area contributed by atoms with Crippen LogP contribution in [0.4, 0.5) is 13.2 Å². The minimum atomic E-state index is -4.51. The predicted octanol–water partition coefficient (Wildman–Crippen LogP) is 3.89. The molecule has 2 aromatic heterocycles. The summed E-state index contributed by atoms with van der Waals surface area (Å²) in [6, 6.07) is 13.1. The summed E-state index contributed by atoms with van der Waals surface area (Å²) in [6.07, 6.45) is -2.75. The van der Waals surface area contributed by atoms with E-state index in [1.807, 2.05) is 0 Å². The van der Waals surface area contributed by atoms with Crippen LogP contribution in [0.1, 0.15) is 16.7 Å². The van der Waals surface area contributed by atoms with Crippen LogP contribution in [0.15, 0.2) is 70.4 Å². The molecule has 0 radical (unpaired) electrons. The first-order valence-corrected chi connectivity index (χ1v) is 10.7. The molecule has 0 aliphatic rings. The van der Waals surface area contributed by atoms with Crippen molar-refractivity contribution in [3.05, 3.63) is 98.3 Å². The number of hydrogen-bond donors (Lipinski definition) is 0. The van der Waals surface area contributed by atoms with Crippen molar-refractivity contribution >= 4 is 11.0 Å². The maximum Gasteiger partial charge on any atom is 0.416 e. The molecule has 0 aliphatic heterocycles. The standard InChI is InChI=1S/C25H22F3N3O4/c1-34-20-9-8-16(14-21(20)35-2)10-12-30-23(32)19-7-4-11-29-22(19)31(24(30)33)15-17-5-3-6-18(13-17)25(26,27)28/h3-9,11,13-14H,10,12,15H2,1-2H3. The number of methoxy groups -OCH3 is 2. The maximum absolute atomic E-state index is 13.4. The third-order valence-corrected chi connectivity index (χ3v) is 5.65. The van der Waals surface area contributed by atoms with Crippen LogP contribution >= 0.6 is 0 Å². The number of nitrogens with zero attached hydrogens (tertiary/aromatic N) is 3. The van der Waals surface area contributed by atoms with Crippen molar-refractivity contribution in [1.29, 1.82) is 0 Å². The van der Waals surface area contributed by atoms with Gasteiger partial charge >= 0.3 is 11.9 Å². The van der Waals surface area contributed by atoms with Crippen LogP contribution in [0.2, 0.25) is 0 Å². The SMILES string of the molecule is COc1ccc(CCn2c(=O)c3cccnc3n(Cc3cccc(C(F)(F)F)c3)c2=O)cc1OC. The van der Waals surface area contributed by atoms with Gasteiger partial charge in [0.1, 0.15) is 5.65 Å². The summed E-state index contributed by atoms with van der Waals surface area (Å²) in [5.41, 5.74) is -0.800. The summed E-state index contributed by atoms with van der Waals surface area (Å²) in [6.45, 7) is -0.118. The minimum Gasteiger partial charge on any atom is -0.493 e. The first-order chi connectivity index (χ1) is 16.7. The van der Waals surface area contributed by atoms with E-state index in [2.05, 4.69) is 4.98 Å². The number of aryl methyl sites for hydroxylation is 1. The molecule has 4 rings (SSSR count). The van der Waals surface area contributed by atoms with E-state index in [9.17, 15) is 22.8 Å². The maximum atomic E-state index is 13.4. The van der Waals surface area contributed by atoms with E-state index >= 15 is 0 Å². The molecule has 2 aromatic carbocycles. The van der Waals surface area contributed by atoms with Gasteiger partial charge in [0.15, 0.2) is 11.5 Å². The molecule has 0 saturated heterocycles. The summed E-state index contributed by atoms with van der Waals surface area (Å²) in [5, 5.41) is 0.200. The van der Waals surface area contributed by atoms with Crippen LogP contribution in [0, 0.1) is 0 Å². The molecule has 182 valence electrons. The van der Waals surface area contributed by atoms with Gasteiger partial charge in [-0.15, -0.1) is 0 Å². The molecule has 0 atom stereocenters. The Kier molecular flexibility index (Phi) is 6.63. The van der Waals surface area contributed by atoms with Crippen molar-refractivity contribution < 1.29 is 22.6 Å². The highest BCUT2D eigenvalue weighted by Gasteiger charge is 2.30. The summed E-state index contributed by atoms with van der Waals surface area (Å²) >= 11 is 0. The van der Waals surface area contributed by atoms with Gasteiger partial charge in [0.2, 0.25) is 0 Å². The third-order valence-electron chi connectivity index (χ3n) is 5.65. The zero-order chi connectivity index (χ0) is 25.2. The molecule has 7 nitrogen and oxygen atoms in total. The van der Waals surface area contributed by atoms with E-state index in [0.717, 1.165) is 22.3 Å². The number of pyridine rings is 1. The first kappa shape index (κ1) is 24.1. The van der Waals surface area contributed by atoms with Crippen LogP contribution in [0.5, 0.6) is 11.5 Å². The van der Waals surface area contributed by atoms with Gasteiger partial charge in [0, 0.05) is 12.7 Å². The number of ether oxygens (including phenoxy) is 2. The lowest BCUT2D eigenvalue weighted by atomic mass is 10.1. The quantitative estimate of drug-likeness (QED) is 0.397. The van der Waals surface area contributed by atoms with Gasteiger partial charge < -0.3 is 9.47 Å².